The number of methoxy groups -OCH3 is 1. The van der Waals surface area contributed by atoms with E-state index in [9.17, 15) is 38.7 Å². The number of aliphatic hydroxyl groups excluding tert-OH is 1. The fraction of sp³-hybridized carbons (Fsp3) is 0.675. The molecule has 0 saturated carbocycles. The molecule has 28 nitrogen and oxygen atoms in total. The molecule has 0 aromatic heterocycles. The van der Waals surface area contributed by atoms with Crippen molar-refractivity contribution in [3.63, 3.8) is 0 Å². The fourth-order valence-corrected chi connectivity index (χ4v) is 13.4. The Kier molecular flexibility index (Phi) is 34.9. The lowest BCUT2D eigenvalue weighted by Crippen LogP contribution is -2.62. The summed E-state index contributed by atoms with van der Waals surface area (Å²) in [6.45, 7) is 21.2. The molecular weight excluding hydrogens is 1350 g/mol. The van der Waals surface area contributed by atoms with Crippen LogP contribution in [-0.2, 0) is 70.4 Å². The quantitative estimate of drug-likeness (QED) is 0.117. The number of aliphatic hydroxyl groups is 1. The first-order valence-corrected chi connectivity index (χ1v) is 37.1. The summed E-state index contributed by atoms with van der Waals surface area (Å²) in [6, 6.07) is 0.174. The van der Waals surface area contributed by atoms with E-state index in [4.69, 9.17) is 4.74 Å². The highest BCUT2D eigenvalue weighted by Crippen LogP contribution is 2.27. The third-order valence-corrected chi connectivity index (χ3v) is 19.9. The number of nitrogens with zero attached hydrogens (tertiary/aromatic N) is 8. The first-order chi connectivity index (χ1) is 49.2. The number of hydrogen-bond donors (Lipinski definition) is 6. The van der Waals surface area contributed by atoms with E-state index < -0.39 is 156 Å². The van der Waals surface area contributed by atoms with Crippen LogP contribution < -0.4 is 31.3 Å². The predicted molar refractivity (Wildman–Crippen MR) is 399 cm³/mol. The van der Waals surface area contributed by atoms with Gasteiger partial charge in [-0.1, -0.05) is 106 Å². The van der Waals surface area contributed by atoms with Crippen molar-refractivity contribution in [3.8, 4) is 5.75 Å². The number of rotatable bonds is 19. The number of ether oxygens (including phenoxy) is 1. The van der Waals surface area contributed by atoms with Crippen LogP contribution in [0.3, 0.4) is 0 Å². The summed E-state index contributed by atoms with van der Waals surface area (Å²) in [7, 11) is 12.6. The van der Waals surface area contributed by atoms with Crippen molar-refractivity contribution < 1.29 is 72.2 Å². The van der Waals surface area contributed by atoms with Gasteiger partial charge >= 0.3 is 0 Å². The van der Waals surface area contributed by atoms with Gasteiger partial charge in [-0.25, -0.2) is 0 Å². The van der Waals surface area contributed by atoms with Crippen molar-refractivity contribution in [3.05, 3.63) is 65.2 Å². The third kappa shape index (κ3) is 25.2. The Morgan fingerprint density at radius 1 is 0.514 bits per heavy atom. The number of carbonyl (C=O) groups excluding carboxylic acids is 13. The Morgan fingerprint density at radius 3 is 1.50 bits per heavy atom. The molecule has 2 heterocycles. The highest BCUT2D eigenvalue weighted by Gasteiger charge is 2.44. The van der Waals surface area contributed by atoms with Gasteiger partial charge < -0.3 is 75.6 Å². The summed E-state index contributed by atoms with van der Waals surface area (Å²) in [6.07, 6.45) is 0.226. The van der Waals surface area contributed by atoms with Gasteiger partial charge in [0.15, 0.2) is 0 Å². The Balaban J connectivity index is 2.01. The zero-order valence-corrected chi connectivity index (χ0v) is 66.2. The predicted octanol–water partition coefficient (Wildman–Crippen LogP) is 3.64. The molecule has 105 heavy (non-hydrogen) atoms. The highest BCUT2D eigenvalue weighted by molar-refractivity contribution is 6.00. The normalized spacial score (nSPS) is 24.4. The molecule has 2 saturated heterocycles. The van der Waals surface area contributed by atoms with E-state index in [1.165, 1.54) is 96.9 Å². The van der Waals surface area contributed by atoms with Crippen molar-refractivity contribution in [1.82, 2.24) is 65.8 Å². The van der Waals surface area contributed by atoms with Crippen molar-refractivity contribution in [2.45, 2.75) is 227 Å². The lowest BCUT2D eigenvalue weighted by atomic mass is 9.96. The Labute approximate surface area is 622 Å². The van der Waals surface area contributed by atoms with Crippen LogP contribution in [0.25, 0.3) is 0 Å². The van der Waals surface area contributed by atoms with Gasteiger partial charge in [-0.05, 0) is 131 Å². The minimum absolute atomic E-state index is 0.00234. The molecule has 0 radical (unpaired) electrons. The lowest BCUT2D eigenvalue weighted by molar-refractivity contribution is -0.151. The molecule has 2 fully saturated rings. The first-order valence-electron chi connectivity index (χ1n) is 37.1. The molecule has 2 aromatic rings. The number of likely N-dealkylation sites (tertiary alicyclic amines) is 1. The number of carbonyl (C=O) groups is 13. The number of likely N-dealkylation sites (N-methyl/N-ethyl adjacent to an activating group) is 7. The molecule has 11 atom stereocenters. The monoisotopic (exact) mass is 1470 g/mol. The highest BCUT2D eigenvalue weighted by atomic mass is 16.5. The summed E-state index contributed by atoms with van der Waals surface area (Å²) in [5, 5.41) is 25.2. The van der Waals surface area contributed by atoms with Gasteiger partial charge in [-0.15, -0.1) is 0 Å². The SMILES string of the molecule is CNC(=O)c1ccc(CC[C@H]2C(=O)N(C)[C@@H](CC(C)C)C(=O)N[C@@H]([C@@H](C)O)C(=O)N(C)CC(=O)N(C)[C@@H](CC(C)C)C(=O)N[C@H](C(=O)N3CCCCC3)CC(=O)N(C)[C@@H](C)C(=O)N[C@@H](CC(C)C)C(=O)N(C)[C@@H](CC(C)C)C(=O)N(C)[C@@H](Cc3ccccc3)C(=O)N[C@@H](CC(C)C)C(=O)N2C)cc1OC. The van der Waals surface area contributed by atoms with Crippen LogP contribution in [0.4, 0.5) is 0 Å². The standard InChI is InChI=1S/C77H123N13O15/c1-45(2)36-55-73(100)89(20)62(40-49(9)10)76(103)88(19)61(41-52-28-24-22-25-29-52)70(97)80-56(37-46(3)4)72(99)86(17)58(33-31-53-30-32-54(68(95)78-13)63(42-53)105-21)75(102)87(18)60(39-48(7)8)71(98)82-66(51(12)91)77(104)83(14)44-65(93)85(16)59(38-47(5)6)69(96)81-57(74(101)90-34-26-23-27-35-90)43-64(92)84(15)50(11)67(94)79-55/h22,24-25,28-30,32,42,45-51,55-62,66,91H,23,26-27,31,33-41,43-44H2,1-21H3,(H,78,95)(H,79,94)(H,80,97)(H,81,96)(H,82,98)/t50-,51+,55-,56-,57-,58-,59-,60-,61-,62-,66-/m0/s1. The van der Waals surface area contributed by atoms with Gasteiger partial charge in [0.05, 0.1) is 31.7 Å². The van der Waals surface area contributed by atoms with Crippen LogP contribution >= 0.6 is 0 Å². The maximum atomic E-state index is 15.7. The number of nitrogens with one attached hydrogen (secondary N) is 5. The third-order valence-electron chi connectivity index (χ3n) is 19.9. The summed E-state index contributed by atoms with van der Waals surface area (Å²) in [5.74, 6) is -10.1. The summed E-state index contributed by atoms with van der Waals surface area (Å²) in [5.41, 5.74) is 1.49. The lowest BCUT2D eigenvalue weighted by Gasteiger charge is -2.38. The van der Waals surface area contributed by atoms with Gasteiger partial charge in [0.1, 0.15) is 66.2 Å². The van der Waals surface area contributed by atoms with Gasteiger partial charge in [0.2, 0.25) is 70.9 Å². The van der Waals surface area contributed by atoms with Crippen molar-refractivity contribution in [1.29, 1.82) is 0 Å². The molecule has 0 aliphatic carbocycles. The molecule has 2 aliphatic rings. The Morgan fingerprint density at radius 2 is 0.981 bits per heavy atom. The van der Waals surface area contributed by atoms with E-state index in [1.807, 2.05) is 69.2 Å². The molecule has 28 heteroatoms. The number of hydrogen-bond acceptors (Lipinski definition) is 15. The van der Waals surface area contributed by atoms with Crippen LogP contribution in [-0.4, -0.2) is 271 Å². The fourth-order valence-electron chi connectivity index (χ4n) is 13.4. The molecule has 0 unspecified atom stereocenters. The van der Waals surface area contributed by atoms with E-state index in [0.29, 0.717) is 37.1 Å². The minimum atomic E-state index is -1.71. The number of amides is 13. The van der Waals surface area contributed by atoms with E-state index in [0.717, 1.165) is 21.1 Å². The largest absolute Gasteiger partial charge is 0.496 e. The Bertz CT molecular complexity index is 3320. The van der Waals surface area contributed by atoms with E-state index >= 15 is 28.8 Å². The second kappa shape index (κ2) is 41.3. The molecule has 6 N–H and O–H groups in total. The molecule has 2 aromatic carbocycles. The molecule has 13 amide bonds. The maximum Gasteiger partial charge on any atom is 0.254 e. The second-order valence-electron chi connectivity index (χ2n) is 30.7. The van der Waals surface area contributed by atoms with Crippen LogP contribution in [0.2, 0.25) is 0 Å². The molecule has 4 rings (SSSR count). The van der Waals surface area contributed by atoms with Gasteiger partial charge in [-0.3, -0.25) is 62.3 Å². The summed E-state index contributed by atoms with van der Waals surface area (Å²) < 4.78 is 5.61. The van der Waals surface area contributed by atoms with Gasteiger partial charge in [0.25, 0.3) is 5.91 Å². The van der Waals surface area contributed by atoms with Crippen LogP contribution in [0.5, 0.6) is 5.75 Å². The smallest absolute Gasteiger partial charge is 0.254 e. The van der Waals surface area contributed by atoms with Crippen molar-refractivity contribution in [2.24, 2.45) is 29.6 Å². The molecule has 0 spiro atoms. The maximum absolute atomic E-state index is 15.7. The zero-order valence-electron chi connectivity index (χ0n) is 66.2. The molecular formula is C77H123N13O15. The second-order valence-corrected chi connectivity index (χ2v) is 30.7. The Hall–Kier alpha value is -8.69. The van der Waals surface area contributed by atoms with E-state index in [-0.39, 0.29) is 92.3 Å². The molecule has 2 aliphatic heterocycles. The van der Waals surface area contributed by atoms with Gasteiger partial charge in [-0.2, -0.15) is 0 Å². The van der Waals surface area contributed by atoms with Crippen molar-refractivity contribution in [2.75, 3.05) is 83.1 Å². The van der Waals surface area contributed by atoms with Gasteiger partial charge in [0, 0.05) is 75.9 Å². The average molecular weight is 1470 g/mol. The first kappa shape index (κ1) is 88.7. The van der Waals surface area contributed by atoms with Crippen molar-refractivity contribution >= 4 is 76.8 Å². The minimum Gasteiger partial charge on any atom is -0.496 e. The summed E-state index contributed by atoms with van der Waals surface area (Å²) in [4.78, 5) is 203. The zero-order chi connectivity index (χ0) is 79.2. The molecule has 0 bridgehead atoms. The number of piperidine rings is 1. The topological polar surface area (TPSA) is 337 Å². The van der Waals surface area contributed by atoms with E-state index in [1.54, 1.807) is 53.4 Å². The van der Waals surface area contributed by atoms with Crippen LogP contribution in [0, 0.1) is 29.6 Å². The van der Waals surface area contributed by atoms with Crippen LogP contribution in [0.15, 0.2) is 48.5 Å². The van der Waals surface area contributed by atoms with E-state index in [2.05, 4.69) is 26.6 Å². The number of aryl methyl sites for hydroxylation is 1. The summed E-state index contributed by atoms with van der Waals surface area (Å²) >= 11 is 0. The molecule has 586 valence electrons. The van der Waals surface area contributed by atoms with Crippen LogP contribution in [0.1, 0.15) is 169 Å². The average Bonchev–Trinajstić information content (AvgIpc) is 0.816. The number of benzene rings is 2.